The number of aryl methyl sites for hydroxylation is 1. The van der Waals surface area contributed by atoms with Crippen molar-refractivity contribution in [1.29, 1.82) is 0 Å². The fourth-order valence-corrected chi connectivity index (χ4v) is 29.9. The van der Waals surface area contributed by atoms with Crippen LogP contribution in [0.2, 0.25) is 0 Å². The molecular formula is C128H99F2N5. The number of halogens is 2. The molecule has 0 unspecified atom stereocenters. The number of rotatable bonds is 15. The quantitative estimate of drug-likeness (QED) is 0.0952. The first-order chi connectivity index (χ1) is 66.5. The Morgan fingerprint density at radius 1 is 0.281 bits per heavy atom. The lowest BCUT2D eigenvalue weighted by molar-refractivity contribution is -0.0399. The van der Waals surface area contributed by atoms with Gasteiger partial charge in [-0.2, -0.15) is 0 Å². The average Bonchev–Trinajstić information content (AvgIpc) is 1.52. The number of hydrogen-bond donors (Lipinski definition) is 0. The number of nitrogens with zero attached hydrogens (tertiary/aromatic N) is 5. The van der Waals surface area contributed by atoms with E-state index in [-0.39, 0.29) is 28.4 Å². The van der Waals surface area contributed by atoms with Crippen molar-refractivity contribution >= 4 is 155 Å². The van der Waals surface area contributed by atoms with Crippen molar-refractivity contribution in [3.63, 3.8) is 0 Å². The molecule has 0 amide bonds. The molecule has 0 atom stereocenters. The standard InChI is InChI=1S/C128H99F2N5/c1-75(2)96-28-13-17-36-112(96)135(111-35-16-10-21-76(111)3)116-59-47-84-41-53-103-115(58-46-83-42-54-104(116)124(84)123(83)103)134(119-38-20-34-109-126(119)100-30-12-15-32-107(100)128(109)88-67-79-62-80(69-88)70-89(128)68-79)95-48-55-97(110(130)74-95)85-43-50-98-105-73-94(49-60-117(105)132(120(98)71-85)92-25-8-5-9-26-92)131(91-23-6-4-7-24-91)113-56-44-81-40-52-102-114(57-45-82-39-51-101(113)121(81)122(82)102)133(93-27-18-22-90(129)72-93)118-37-19-33-108-125(118)99-29-11-14-31-106(99)127(108)86-63-77-61-78(65-86)66-87(127)64-77/h4-60,71-75,77-80,86-89H,61-70H2,1-3H3. The number of anilines is 12. The highest BCUT2D eigenvalue weighted by Crippen LogP contribution is 2.73. The smallest absolute Gasteiger partial charge is 0.133 e. The molecule has 8 fully saturated rings. The van der Waals surface area contributed by atoms with Crippen LogP contribution in [-0.4, -0.2) is 4.57 Å². The lowest BCUT2D eigenvalue weighted by atomic mass is 9.43. The summed E-state index contributed by atoms with van der Waals surface area (Å²) in [6.07, 6.45) is 13.1. The van der Waals surface area contributed by atoms with Gasteiger partial charge in [0.25, 0.3) is 0 Å². The molecular weight excluding hydrogens is 1650 g/mol. The van der Waals surface area contributed by atoms with E-state index in [0.717, 1.165) is 152 Å². The summed E-state index contributed by atoms with van der Waals surface area (Å²) in [5, 5.41) is 16.0. The third-order valence-corrected chi connectivity index (χ3v) is 34.6. The summed E-state index contributed by atoms with van der Waals surface area (Å²) in [5.41, 5.74) is 30.1. The molecule has 0 aliphatic heterocycles. The van der Waals surface area contributed by atoms with Crippen molar-refractivity contribution < 1.29 is 8.78 Å². The molecule has 650 valence electrons. The van der Waals surface area contributed by atoms with Crippen LogP contribution in [0, 0.1) is 65.9 Å². The van der Waals surface area contributed by atoms with Crippen LogP contribution in [-0.2, 0) is 10.8 Å². The Bertz CT molecular complexity index is 8480. The van der Waals surface area contributed by atoms with E-state index < -0.39 is 0 Å². The number of aromatic nitrogens is 1. The van der Waals surface area contributed by atoms with Gasteiger partial charge in [0.2, 0.25) is 0 Å². The Labute approximate surface area is 785 Å². The maximum atomic E-state index is 19.1. The Morgan fingerprint density at radius 3 is 1.21 bits per heavy atom. The largest absolute Gasteiger partial charge is 0.310 e. The SMILES string of the molecule is Cc1ccccc1N(c1ccccc1C(C)C)c1ccc2ccc3c(N(c4ccc(-c5ccc6c7cc(N(c8ccccc8)c8ccc9ccc%10c(N(c%11cccc(F)c%11)c%11cccc%12c%11-c%11ccccc%11C%12%11C%12CC%13CC(C%12)CC%11C%13)ccc%11ccc8c9c%11%10)ccc7n(-c7ccccc7)c6c5)c(F)c4)c4cccc5c4-c4ccccc4C54C5CC6CC(C5)CC4C6)ccc4ccc1c2c43. The first-order valence-corrected chi connectivity index (χ1v) is 49.4. The first kappa shape index (κ1) is 77.9. The molecule has 0 N–H and O–H groups in total. The van der Waals surface area contributed by atoms with Gasteiger partial charge in [-0.1, -0.05) is 250 Å². The van der Waals surface area contributed by atoms with Crippen LogP contribution in [0.3, 0.4) is 0 Å². The maximum absolute atomic E-state index is 19.1. The lowest BCUT2D eigenvalue weighted by Gasteiger charge is -2.61. The molecule has 2 spiro atoms. The highest BCUT2D eigenvalue weighted by molar-refractivity contribution is 6.30. The predicted molar refractivity (Wildman–Crippen MR) is 558 cm³/mol. The van der Waals surface area contributed by atoms with E-state index in [9.17, 15) is 0 Å². The number of fused-ring (bicyclic) bond motifs is 9. The molecule has 21 aromatic rings. The molecule has 135 heavy (non-hydrogen) atoms. The van der Waals surface area contributed by atoms with Crippen molar-refractivity contribution in [2.75, 3.05) is 19.6 Å². The van der Waals surface area contributed by atoms with Crippen LogP contribution < -0.4 is 19.6 Å². The normalized spacial score (nSPS) is 21.3. The fourth-order valence-electron chi connectivity index (χ4n) is 29.9. The van der Waals surface area contributed by atoms with Crippen LogP contribution in [0.15, 0.2) is 370 Å². The topological polar surface area (TPSA) is 17.9 Å². The van der Waals surface area contributed by atoms with E-state index in [4.69, 9.17) is 0 Å². The molecule has 8 bridgehead atoms. The van der Waals surface area contributed by atoms with Gasteiger partial charge in [0, 0.05) is 99.6 Å². The van der Waals surface area contributed by atoms with Crippen molar-refractivity contribution in [2.24, 2.45) is 47.3 Å². The van der Waals surface area contributed by atoms with Gasteiger partial charge in [0.05, 0.1) is 45.2 Å². The van der Waals surface area contributed by atoms with Gasteiger partial charge in [-0.05, 0) is 351 Å². The maximum Gasteiger partial charge on any atom is 0.133 e. The summed E-state index contributed by atoms with van der Waals surface area (Å²) < 4.78 is 37.8. The fraction of sp³-hybridized carbons (Fsp3) is 0.188. The highest BCUT2D eigenvalue weighted by atomic mass is 19.1. The molecule has 5 nitrogen and oxygen atoms in total. The van der Waals surface area contributed by atoms with Gasteiger partial charge in [-0.3, -0.25) is 0 Å². The Kier molecular flexibility index (Phi) is 16.8. The van der Waals surface area contributed by atoms with Gasteiger partial charge in [0.15, 0.2) is 0 Å². The van der Waals surface area contributed by atoms with Crippen LogP contribution in [0.4, 0.5) is 77.0 Å². The third kappa shape index (κ3) is 11.0. The van der Waals surface area contributed by atoms with Crippen LogP contribution in [0.25, 0.3) is 126 Å². The molecule has 20 aromatic carbocycles. The Morgan fingerprint density at radius 2 is 0.696 bits per heavy atom. The summed E-state index contributed by atoms with van der Waals surface area (Å²) in [7, 11) is 0. The molecule has 8 saturated carbocycles. The van der Waals surface area contributed by atoms with E-state index >= 15 is 8.78 Å². The highest BCUT2D eigenvalue weighted by Gasteiger charge is 2.64. The minimum absolute atomic E-state index is 0.0445. The zero-order chi connectivity index (χ0) is 89.1. The van der Waals surface area contributed by atoms with Crippen molar-refractivity contribution in [1.82, 2.24) is 4.57 Å². The van der Waals surface area contributed by atoms with E-state index in [0.29, 0.717) is 29.2 Å². The zero-order valence-corrected chi connectivity index (χ0v) is 76.0. The number of para-hydroxylation sites is 4. The van der Waals surface area contributed by atoms with Gasteiger partial charge in [0.1, 0.15) is 11.6 Å². The molecule has 10 aliphatic carbocycles. The third-order valence-electron chi connectivity index (χ3n) is 34.6. The minimum Gasteiger partial charge on any atom is -0.310 e. The van der Waals surface area contributed by atoms with E-state index in [1.807, 2.05) is 12.1 Å². The molecule has 10 aliphatic rings. The Hall–Kier alpha value is -14.7. The van der Waals surface area contributed by atoms with E-state index in [2.05, 4.69) is 391 Å². The monoisotopic (exact) mass is 1740 g/mol. The van der Waals surface area contributed by atoms with Crippen LogP contribution in [0.5, 0.6) is 0 Å². The summed E-state index contributed by atoms with van der Waals surface area (Å²) in [6.45, 7) is 6.83. The second-order valence-corrected chi connectivity index (χ2v) is 41.4. The Balaban J connectivity index is 0.581. The van der Waals surface area contributed by atoms with E-state index in [1.54, 1.807) is 12.1 Å². The molecule has 1 aromatic heterocycles. The number of benzene rings is 20. The lowest BCUT2D eigenvalue weighted by Crippen LogP contribution is -2.55. The summed E-state index contributed by atoms with van der Waals surface area (Å²) >= 11 is 0. The second-order valence-electron chi connectivity index (χ2n) is 41.4. The van der Waals surface area contributed by atoms with Gasteiger partial charge in [-0.15, -0.1) is 0 Å². The molecule has 0 saturated heterocycles. The minimum atomic E-state index is -0.297. The molecule has 31 rings (SSSR count). The molecule has 7 heteroatoms. The summed E-state index contributed by atoms with van der Waals surface area (Å²) in [6, 6.07) is 136. The summed E-state index contributed by atoms with van der Waals surface area (Å²) in [4.78, 5) is 9.78. The average molecular weight is 1750 g/mol. The molecule has 1 heterocycles. The molecule has 0 radical (unpaired) electrons. The van der Waals surface area contributed by atoms with Gasteiger partial charge in [-0.25, -0.2) is 8.78 Å². The van der Waals surface area contributed by atoms with Crippen molar-refractivity contribution in [3.8, 4) is 39.1 Å². The van der Waals surface area contributed by atoms with Gasteiger partial charge < -0.3 is 24.2 Å². The predicted octanol–water partition coefficient (Wildman–Crippen LogP) is 35.3. The van der Waals surface area contributed by atoms with Gasteiger partial charge >= 0.3 is 0 Å². The van der Waals surface area contributed by atoms with Crippen LogP contribution in [0.1, 0.15) is 117 Å². The summed E-state index contributed by atoms with van der Waals surface area (Å²) in [5.74, 6) is 5.27. The van der Waals surface area contributed by atoms with E-state index in [1.165, 1.54) is 158 Å². The zero-order valence-electron chi connectivity index (χ0n) is 76.0. The van der Waals surface area contributed by atoms with Crippen molar-refractivity contribution in [3.05, 3.63) is 415 Å². The number of hydrogen-bond acceptors (Lipinski definition) is 4. The van der Waals surface area contributed by atoms with Crippen LogP contribution >= 0.6 is 0 Å². The first-order valence-electron chi connectivity index (χ1n) is 49.4. The van der Waals surface area contributed by atoms with Crippen molar-refractivity contribution in [2.45, 2.75) is 102 Å². The second kappa shape index (κ2) is 29.2.